The van der Waals surface area contributed by atoms with E-state index in [0.29, 0.717) is 16.4 Å². The number of fused-ring (bicyclic) bond motifs is 1. The van der Waals surface area contributed by atoms with Gasteiger partial charge in [0, 0.05) is 16.7 Å². The number of carbonyl (C=O) groups excluding carboxylic acids is 1. The molecule has 0 fully saturated rings. The fraction of sp³-hybridized carbons (Fsp3) is 0.0741. The summed E-state index contributed by atoms with van der Waals surface area (Å²) in [7, 11) is 0. The molecular weight excluding hydrogens is 464 g/mol. The van der Waals surface area contributed by atoms with Crippen LogP contribution in [0.15, 0.2) is 102 Å². The maximum atomic E-state index is 12.4. The SMILES string of the molecule is O=C(COc1ccccc1-c1ccnn1-c1ccccc1)NN=CC1=C(Cl)c2ccccc2OC1. The van der Waals surface area contributed by atoms with Gasteiger partial charge in [0.15, 0.2) is 6.61 Å². The average molecular weight is 485 g/mol. The molecule has 4 aromatic rings. The van der Waals surface area contributed by atoms with Gasteiger partial charge in [-0.1, -0.05) is 54.1 Å². The molecule has 35 heavy (non-hydrogen) atoms. The quantitative estimate of drug-likeness (QED) is 0.294. The molecule has 0 saturated carbocycles. The van der Waals surface area contributed by atoms with Gasteiger partial charge in [-0.3, -0.25) is 4.79 Å². The largest absolute Gasteiger partial charge is 0.488 e. The minimum Gasteiger partial charge on any atom is -0.488 e. The summed E-state index contributed by atoms with van der Waals surface area (Å²) in [5, 5.41) is 9.00. The van der Waals surface area contributed by atoms with E-state index in [1.54, 1.807) is 6.20 Å². The van der Waals surface area contributed by atoms with Crippen LogP contribution in [0.25, 0.3) is 22.0 Å². The van der Waals surface area contributed by atoms with E-state index in [1.165, 1.54) is 6.21 Å². The number of hydrogen-bond acceptors (Lipinski definition) is 5. The van der Waals surface area contributed by atoms with E-state index in [-0.39, 0.29) is 13.2 Å². The Kier molecular flexibility index (Phi) is 6.59. The number of para-hydroxylation sites is 3. The molecule has 5 rings (SSSR count). The van der Waals surface area contributed by atoms with Crippen LogP contribution in [0.2, 0.25) is 0 Å². The van der Waals surface area contributed by atoms with Crippen LogP contribution < -0.4 is 14.9 Å². The zero-order chi connectivity index (χ0) is 24.0. The monoisotopic (exact) mass is 484 g/mol. The summed E-state index contributed by atoms with van der Waals surface area (Å²) >= 11 is 6.46. The smallest absolute Gasteiger partial charge is 0.277 e. The second-order valence-electron chi connectivity index (χ2n) is 7.67. The van der Waals surface area contributed by atoms with E-state index in [2.05, 4.69) is 15.6 Å². The highest BCUT2D eigenvalue weighted by atomic mass is 35.5. The molecule has 0 saturated heterocycles. The summed E-state index contributed by atoms with van der Waals surface area (Å²) in [6.07, 6.45) is 3.22. The Morgan fingerprint density at radius 2 is 1.77 bits per heavy atom. The summed E-state index contributed by atoms with van der Waals surface area (Å²) in [5.74, 6) is 0.883. The molecule has 1 amide bonds. The van der Waals surface area contributed by atoms with Crippen molar-refractivity contribution in [1.82, 2.24) is 15.2 Å². The number of nitrogens with one attached hydrogen (secondary N) is 1. The molecule has 174 valence electrons. The standard InChI is InChI=1S/C27H21ClN4O3/c28-27-19(17-34-25-13-7-5-11-22(25)27)16-29-31-26(33)18-35-24-12-6-4-10-21(24)23-14-15-30-32(23)20-8-2-1-3-9-20/h1-16H,17-18H2,(H,31,33). The van der Waals surface area contributed by atoms with E-state index >= 15 is 0 Å². The molecule has 0 atom stereocenters. The fourth-order valence-corrected chi connectivity index (χ4v) is 3.96. The van der Waals surface area contributed by atoms with Crippen LogP contribution in [-0.2, 0) is 4.79 Å². The van der Waals surface area contributed by atoms with E-state index in [0.717, 1.165) is 28.3 Å². The van der Waals surface area contributed by atoms with Gasteiger partial charge in [0.25, 0.3) is 5.91 Å². The molecule has 0 bridgehead atoms. The topological polar surface area (TPSA) is 77.7 Å². The first-order valence-corrected chi connectivity index (χ1v) is 11.3. The zero-order valence-corrected chi connectivity index (χ0v) is 19.4. The van der Waals surface area contributed by atoms with Gasteiger partial charge in [0.05, 0.1) is 28.8 Å². The number of aromatic nitrogens is 2. The molecular formula is C27H21ClN4O3. The van der Waals surface area contributed by atoms with Crippen LogP contribution in [0.5, 0.6) is 11.5 Å². The summed E-state index contributed by atoms with van der Waals surface area (Å²) in [6.45, 7) is 0.0636. The Bertz CT molecular complexity index is 1410. The molecule has 1 aromatic heterocycles. The number of hydrazone groups is 1. The number of halogens is 1. The van der Waals surface area contributed by atoms with Crippen molar-refractivity contribution in [3.05, 3.63) is 102 Å². The Balaban J connectivity index is 1.25. The molecule has 8 heteroatoms. The third-order valence-corrected chi connectivity index (χ3v) is 5.81. The number of amides is 1. The number of nitrogens with zero attached hydrogens (tertiary/aromatic N) is 3. The Hall–Kier alpha value is -4.36. The van der Waals surface area contributed by atoms with Crippen LogP contribution >= 0.6 is 11.6 Å². The zero-order valence-electron chi connectivity index (χ0n) is 18.6. The number of ether oxygens (including phenoxy) is 2. The van der Waals surface area contributed by atoms with Crippen LogP contribution in [0.3, 0.4) is 0 Å². The van der Waals surface area contributed by atoms with Gasteiger partial charge in [-0.05, 0) is 42.5 Å². The highest BCUT2D eigenvalue weighted by Crippen LogP contribution is 2.34. The Morgan fingerprint density at radius 3 is 2.63 bits per heavy atom. The lowest BCUT2D eigenvalue weighted by Crippen LogP contribution is -2.25. The third kappa shape index (κ3) is 4.95. The highest BCUT2D eigenvalue weighted by Gasteiger charge is 2.17. The highest BCUT2D eigenvalue weighted by molar-refractivity contribution is 6.51. The van der Waals surface area contributed by atoms with Crippen molar-refractivity contribution in [3.8, 4) is 28.4 Å². The van der Waals surface area contributed by atoms with Crippen molar-refractivity contribution >= 4 is 28.8 Å². The molecule has 1 aliphatic heterocycles. The average Bonchev–Trinajstić information content (AvgIpc) is 3.39. The van der Waals surface area contributed by atoms with Crippen LogP contribution in [0.4, 0.5) is 0 Å². The van der Waals surface area contributed by atoms with Gasteiger partial charge in [0.1, 0.15) is 18.1 Å². The predicted octanol–water partition coefficient (Wildman–Crippen LogP) is 5.06. The Labute approximate surface area is 207 Å². The fourth-order valence-electron chi connectivity index (χ4n) is 3.70. The first-order chi connectivity index (χ1) is 17.2. The minimum atomic E-state index is -0.401. The predicted molar refractivity (Wildman–Crippen MR) is 136 cm³/mol. The second kappa shape index (κ2) is 10.3. The molecule has 2 heterocycles. The second-order valence-corrected chi connectivity index (χ2v) is 8.04. The molecule has 0 radical (unpaired) electrons. The van der Waals surface area contributed by atoms with Crippen LogP contribution in [0, 0.1) is 0 Å². The molecule has 0 unspecified atom stereocenters. The van der Waals surface area contributed by atoms with Gasteiger partial charge in [-0.25, -0.2) is 10.1 Å². The lowest BCUT2D eigenvalue weighted by Gasteiger charge is -2.18. The molecule has 1 N–H and O–H groups in total. The van der Waals surface area contributed by atoms with Crippen molar-refractivity contribution in [2.24, 2.45) is 5.10 Å². The first kappa shape index (κ1) is 22.4. The lowest BCUT2D eigenvalue weighted by molar-refractivity contribution is -0.123. The molecule has 0 aliphatic carbocycles. The van der Waals surface area contributed by atoms with Gasteiger partial charge in [0.2, 0.25) is 0 Å². The maximum absolute atomic E-state index is 12.4. The van der Waals surface area contributed by atoms with E-state index in [9.17, 15) is 4.79 Å². The maximum Gasteiger partial charge on any atom is 0.277 e. The van der Waals surface area contributed by atoms with Gasteiger partial charge >= 0.3 is 0 Å². The first-order valence-electron chi connectivity index (χ1n) is 10.9. The molecule has 7 nitrogen and oxygen atoms in total. The van der Waals surface area contributed by atoms with Crippen molar-refractivity contribution in [2.75, 3.05) is 13.2 Å². The van der Waals surface area contributed by atoms with Gasteiger partial charge < -0.3 is 9.47 Å². The number of benzene rings is 3. The molecule has 3 aromatic carbocycles. The number of rotatable bonds is 7. The van der Waals surface area contributed by atoms with E-state index in [4.69, 9.17) is 21.1 Å². The van der Waals surface area contributed by atoms with Crippen molar-refractivity contribution in [2.45, 2.75) is 0 Å². The minimum absolute atomic E-state index is 0.208. The lowest BCUT2D eigenvalue weighted by atomic mass is 10.1. The summed E-state index contributed by atoms with van der Waals surface area (Å²) in [4.78, 5) is 12.4. The third-order valence-electron chi connectivity index (χ3n) is 5.36. The normalized spacial score (nSPS) is 12.8. The van der Waals surface area contributed by atoms with Crippen molar-refractivity contribution < 1.29 is 14.3 Å². The van der Waals surface area contributed by atoms with Crippen LogP contribution in [-0.4, -0.2) is 35.1 Å². The Morgan fingerprint density at radius 1 is 1.03 bits per heavy atom. The van der Waals surface area contributed by atoms with Crippen molar-refractivity contribution in [1.29, 1.82) is 0 Å². The van der Waals surface area contributed by atoms with E-state index in [1.807, 2.05) is 89.6 Å². The summed E-state index contributed by atoms with van der Waals surface area (Å²) in [6, 6.07) is 26.7. The molecule has 0 spiro atoms. The van der Waals surface area contributed by atoms with Gasteiger partial charge in [-0.15, -0.1) is 0 Å². The van der Waals surface area contributed by atoms with Gasteiger partial charge in [-0.2, -0.15) is 10.2 Å². The van der Waals surface area contributed by atoms with Crippen LogP contribution in [0.1, 0.15) is 5.56 Å². The summed E-state index contributed by atoms with van der Waals surface area (Å²) < 4.78 is 13.3. The summed E-state index contributed by atoms with van der Waals surface area (Å²) in [5.41, 5.74) is 6.54. The number of hydrogen-bond donors (Lipinski definition) is 1. The van der Waals surface area contributed by atoms with Crippen molar-refractivity contribution in [3.63, 3.8) is 0 Å². The molecule has 1 aliphatic rings. The number of carbonyl (C=O) groups is 1. The van der Waals surface area contributed by atoms with E-state index < -0.39 is 5.91 Å².